The van der Waals surface area contributed by atoms with Crippen molar-refractivity contribution in [1.29, 1.82) is 0 Å². The van der Waals surface area contributed by atoms with Crippen LogP contribution in [-0.2, 0) is 9.53 Å². The van der Waals surface area contributed by atoms with Crippen molar-refractivity contribution in [3.05, 3.63) is 62.6 Å². The minimum absolute atomic E-state index is 0.0473. The zero-order valence-electron chi connectivity index (χ0n) is 14.8. The van der Waals surface area contributed by atoms with Gasteiger partial charge in [-0.05, 0) is 64.9 Å². The molecule has 0 aliphatic carbocycles. The van der Waals surface area contributed by atoms with E-state index in [1.54, 1.807) is 31.4 Å². The van der Waals surface area contributed by atoms with E-state index < -0.39 is 11.8 Å². The number of nitrogens with zero attached hydrogens (tertiary/aromatic N) is 1. The SMILES string of the molecule is CCCOc1c(I)cc(/C=C2/N=C(c3ccccc3F)OC2=O)cc1OC. The molecule has 0 saturated heterocycles. The van der Waals surface area contributed by atoms with Gasteiger partial charge >= 0.3 is 5.97 Å². The molecule has 5 nitrogen and oxygen atoms in total. The van der Waals surface area contributed by atoms with E-state index in [1.807, 2.05) is 13.0 Å². The largest absolute Gasteiger partial charge is 0.493 e. The van der Waals surface area contributed by atoms with E-state index in [9.17, 15) is 9.18 Å². The molecule has 7 heteroatoms. The molecule has 0 spiro atoms. The lowest BCUT2D eigenvalue weighted by atomic mass is 10.1. The molecule has 2 aromatic rings. The van der Waals surface area contributed by atoms with Gasteiger partial charge in [0.1, 0.15) is 5.82 Å². The van der Waals surface area contributed by atoms with Crippen molar-refractivity contribution in [2.24, 2.45) is 4.99 Å². The minimum Gasteiger partial charge on any atom is -0.493 e. The van der Waals surface area contributed by atoms with Gasteiger partial charge in [0, 0.05) is 0 Å². The van der Waals surface area contributed by atoms with Crippen molar-refractivity contribution in [2.75, 3.05) is 13.7 Å². The number of halogens is 2. The Balaban J connectivity index is 1.95. The topological polar surface area (TPSA) is 57.1 Å². The smallest absolute Gasteiger partial charge is 0.363 e. The molecule has 1 heterocycles. The summed E-state index contributed by atoms with van der Waals surface area (Å²) in [5.74, 6) is 0.0416. The van der Waals surface area contributed by atoms with Crippen LogP contribution in [0, 0.1) is 9.39 Å². The summed E-state index contributed by atoms with van der Waals surface area (Å²) in [6, 6.07) is 9.61. The quantitative estimate of drug-likeness (QED) is 0.345. The Morgan fingerprint density at radius 3 is 2.78 bits per heavy atom. The number of methoxy groups -OCH3 is 1. The highest BCUT2D eigenvalue weighted by Gasteiger charge is 2.26. The first-order chi connectivity index (χ1) is 13.0. The maximum atomic E-state index is 13.9. The molecule has 140 valence electrons. The van der Waals surface area contributed by atoms with Gasteiger partial charge in [-0.1, -0.05) is 19.1 Å². The van der Waals surface area contributed by atoms with Crippen LogP contribution in [0.5, 0.6) is 11.5 Å². The van der Waals surface area contributed by atoms with Crippen LogP contribution in [0.15, 0.2) is 47.1 Å². The number of benzene rings is 2. The zero-order valence-corrected chi connectivity index (χ0v) is 16.9. The van der Waals surface area contributed by atoms with Crippen molar-refractivity contribution in [3.8, 4) is 11.5 Å². The molecule has 0 fully saturated rings. The van der Waals surface area contributed by atoms with Crippen LogP contribution in [-0.4, -0.2) is 25.6 Å². The molecule has 27 heavy (non-hydrogen) atoms. The number of hydrogen-bond acceptors (Lipinski definition) is 5. The molecule has 3 rings (SSSR count). The van der Waals surface area contributed by atoms with Crippen LogP contribution in [0.3, 0.4) is 0 Å². The molecule has 0 radical (unpaired) electrons. The second-order valence-electron chi connectivity index (χ2n) is 5.70. The van der Waals surface area contributed by atoms with Crippen molar-refractivity contribution in [1.82, 2.24) is 0 Å². The summed E-state index contributed by atoms with van der Waals surface area (Å²) in [5.41, 5.74) is 0.934. The summed E-state index contributed by atoms with van der Waals surface area (Å²) in [7, 11) is 1.55. The second-order valence-corrected chi connectivity index (χ2v) is 6.86. The normalized spacial score (nSPS) is 14.9. The number of ether oxygens (including phenoxy) is 3. The van der Waals surface area contributed by atoms with Crippen molar-refractivity contribution in [2.45, 2.75) is 13.3 Å². The van der Waals surface area contributed by atoms with Crippen LogP contribution < -0.4 is 9.47 Å². The Morgan fingerprint density at radius 2 is 2.07 bits per heavy atom. The van der Waals surface area contributed by atoms with E-state index in [4.69, 9.17) is 14.2 Å². The van der Waals surface area contributed by atoms with E-state index in [-0.39, 0.29) is 17.2 Å². The number of rotatable bonds is 6. The third kappa shape index (κ3) is 4.29. The van der Waals surface area contributed by atoms with Gasteiger partial charge in [0.25, 0.3) is 0 Å². The van der Waals surface area contributed by atoms with Crippen LogP contribution in [0.25, 0.3) is 6.08 Å². The number of hydrogen-bond donors (Lipinski definition) is 0. The molecule has 0 N–H and O–H groups in total. The van der Waals surface area contributed by atoms with Crippen molar-refractivity contribution in [3.63, 3.8) is 0 Å². The number of esters is 1. The molecule has 0 aromatic heterocycles. The minimum atomic E-state index is -0.631. The third-order valence-electron chi connectivity index (χ3n) is 3.73. The molecular weight excluding hydrogens is 464 g/mol. The molecule has 2 aromatic carbocycles. The highest BCUT2D eigenvalue weighted by molar-refractivity contribution is 14.1. The fraction of sp³-hybridized carbons (Fsp3) is 0.200. The Labute approximate surface area is 170 Å². The lowest BCUT2D eigenvalue weighted by Gasteiger charge is -2.13. The maximum Gasteiger partial charge on any atom is 0.363 e. The molecule has 0 bridgehead atoms. The Bertz CT molecular complexity index is 940. The molecule has 0 atom stereocenters. The third-order valence-corrected chi connectivity index (χ3v) is 4.53. The summed E-state index contributed by atoms with van der Waals surface area (Å²) < 4.78 is 31.0. The Morgan fingerprint density at radius 1 is 1.30 bits per heavy atom. The van der Waals surface area contributed by atoms with Crippen LogP contribution in [0.1, 0.15) is 24.5 Å². The average molecular weight is 481 g/mol. The van der Waals surface area contributed by atoms with E-state index >= 15 is 0 Å². The van der Waals surface area contributed by atoms with E-state index in [2.05, 4.69) is 27.6 Å². The second kappa shape index (κ2) is 8.51. The zero-order chi connectivity index (χ0) is 19.4. The Kier molecular flexibility index (Phi) is 6.10. The standard InChI is InChI=1S/C20H17FINO4/c1-3-8-26-18-15(22)9-12(11-17(18)25-2)10-16-20(24)27-19(23-16)13-6-4-5-7-14(13)21/h4-7,9-11H,3,8H2,1-2H3/b16-10+. The predicted molar refractivity (Wildman–Crippen MR) is 109 cm³/mol. The lowest BCUT2D eigenvalue weighted by molar-refractivity contribution is -0.129. The lowest BCUT2D eigenvalue weighted by Crippen LogP contribution is -2.07. The fourth-order valence-corrected chi connectivity index (χ4v) is 3.27. The van der Waals surface area contributed by atoms with E-state index in [0.717, 1.165) is 9.99 Å². The summed E-state index contributed by atoms with van der Waals surface area (Å²) >= 11 is 2.15. The van der Waals surface area contributed by atoms with Gasteiger partial charge in [-0.15, -0.1) is 0 Å². The predicted octanol–water partition coefficient (Wildman–Crippen LogP) is 4.57. The van der Waals surface area contributed by atoms with Gasteiger partial charge in [-0.3, -0.25) is 0 Å². The van der Waals surface area contributed by atoms with Gasteiger partial charge in [-0.2, -0.15) is 0 Å². The highest BCUT2D eigenvalue weighted by Crippen LogP contribution is 2.35. The highest BCUT2D eigenvalue weighted by atomic mass is 127. The maximum absolute atomic E-state index is 13.9. The molecule has 0 unspecified atom stereocenters. The summed E-state index contributed by atoms with van der Waals surface area (Å²) in [4.78, 5) is 16.3. The van der Waals surface area contributed by atoms with Gasteiger partial charge in [-0.25, -0.2) is 14.2 Å². The fourth-order valence-electron chi connectivity index (χ4n) is 2.48. The van der Waals surface area contributed by atoms with Crippen molar-refractivity contribution >= 4 is 40.5 Å². The summed E-state index contributed by atoms with van der Waals surface area (Å²) in [6.07, 6.45) is 2.45. The monoisotopic (exact) mass is 481 g/mol. The first-order valence-corrected chi connectivity index (χ1v) is 9.39. The van der Waals surface area contributed by atoms with Crippen LogP contribution in [0.2, 0.25) is 0 Å². The number of carbonyl (C=O) groups excluding carboxylic acids is 1. The van der Waals surface area contributed by atoms with Crippen LogP contribution >= 0.6 is 22.6 Å². The number of aliphatic imine (C=N–C) groups is 1. The molecule has 0 saturated carbocycles. The van der Waals surface area contributed by atoms with Gasteiger partial charge in [0.15, 0.2) is 17.2 Å². The van der Waals surface area contributed by atoms with Crippen molar-refractivity contribution < 1.29 is 23.4 Å². The summed E-state index contributed by atoms with van der Waals surface area (Å²) in [6.45, 7) is 2.60. The molecule has 1 aliphatic rings. The average Bonchev–Trinajstić information content (AvgIpc) is 3.01. The molecular formula is C20H17FINO4. The van der Waals surface area contributed by atoms with Gasteiger partial charge < -0.3 is 14.2 Å². The van der Waals surface area contributed by atoms with E-state index in [1.165, 1.54) is 12.1 Å². The summed E-state index contributed by atoms with van der Waals surface area (Å²) in [5, 5.41) is 0. The van der Waals surface area contributed by atoms with Crippen LogP contribution in [0.4, 0.5) is 4.39 Å². The van der Waals surface area contributed by atoms with Gasteiger partial charge in [0.2, 0.25) is 5.90 Å². The van der Waals surface area contributed by atoms with E-state index in [0.29, 0.717) is 23.7 Å². The Hall–Kier alpha value is -2.42. The molecule has 0 amide bonds. The first-order valence-electron chi connectivity index (χ1n) is 8.31. The number of carbonyl (C=O) groups is 1. The first kappa shape index (κ1) is 19.3. The molecule has 1 aliphatic heterocycles. The number of cyclic esters (lactones) is 1. The van der Waals surface area contributed by atoms with Gasteiger partial charge in [0.05, 0.1) is 22.9 Å².